The van der Waals surface area contributed by atoms with Gasteiger partial charge in [-0.05, 0) is 97.1 Å². The summed E-state index contributed by atoms with van der Waals surface area (Å²) in [5.74, 6) is -1.69. The van der Waals surface area contributed by atoms with Crippen molar-refractivity contribution in [2.45, 2.75) is 0 Å². The largest absolute Gasteiger partial charge is 0.508 e. The highest BCUT2D eigenvalue weighted by Gasteiger charge is 2.14. The Balaban J connectivity index is 1.32. The number of phenols is 1. The van der Waals surface area contributed by atoms with Gasteiger partial charge in [0.05, 0.1) is 29.4 Å². The number of ether oxygens (including phenoxy) is 4. The van der Waals surface area contributed by atoms with Crippen molar-refractivity contribution in [3.05, 3.63) is 119 Å². The van der Waals surface area contributed by atoms with Crippen molar-refractivity contribution in [3.63, 3.8) is 0 Å². The molecule has 38 heavy (non-hydrogen) atoms. The molecular formula is C29H20O9. The van der Waals surface area contributed by atoms with E-state index >= 15 is 0 Å². The molecule has 0 aliphatic heterocycles. The van der Waals surface area contributed by atoms with Crippen LogP contribution in [0.15, 0.2) is 97.1 Å². The van der Waals surface area contributed by atoms with E-state index in [1.54, 1.807) is 0 Å². The zero-order valence-electron chi connectivity index (χ0n) is 20.0. The number of methoxy groups -OCH3 is 1. The number of hydrogen-bond acceptors (Lipinski definition) is 9. The minimum absolute atomic E-state index is 0.0305. The fourth-order valence-corrected chi connectivity index (χ4v) is 3.19. The van der Waals surface area contributed by atoms with Gasteiger partial charge in [0.15, 0.2) is 0 Å². The third-order valence-electron chi connectivity index (χ3n) is 5.19. The van der Waals surface area contributed by atoms with E-state index in [1.165, 1.54) is 104 Å². The van der Waals surface area contributed by atoms with Crippen LogP contribution in [-0.2, 0) is 4.74 Å². The Morgan fingerprint density at radius 3 is 1.00 bits per heavy atom. The highest BCUT2D eigenvalue weighted by molar-refractivity contribution is 5.94. The zero-order chi connectivity index (χ0) is 27.1. The standard InChI is InChI=1S/C29H20O9/c1-35-26(31)18-4-12-23(13-5-18)37-28(33)20-8-16-25(17-9-20)38-29(34)21-6-14-24(15-7-21)36-27(32)19-2-10-22(30)11-3-19/h2-17,30H,1H3. The van der Waals surface area contributed by atoms with Crippen molar-refractivity contribution in [3.8, 4) is 23.0 Å². The molecule has 9 heteroatoms. The second-order valence-corrected chi connectivity index (χ2v) is 7.78. The van der Waals surface area contributed by atoms with Crippen molar-refractivity contribution >= 4 is 23.9 Å². The molecule has 0 saturated carbocycles. The number of phenolic OH excluding ortho intramolecular Hbond substituents is 1. The third kappa shape index (κ3) is 6.41. The highest BCUT2D eigenvalue weighted by atomic mass is 16.5. The average Bonchev–Trinajstić information content (AvgIpc) is 2.94. The van der Waals surface area contributed by atoms with E-state index < -0.39 is 23.9 Å². The van der Waals surface area contributed by atoms with E-state index in [4.69, 9.17) is 14.2 Å². The van der Waals surface area contributed by atoms with Crippen molar-refractivity contribution in [2.75, 3.05) is 7.11 Å². The molecule has 4 aromatic carbocycles. The van der Waals surface area contributed by atoms with E-state index in [1.807, 2.05) is 0 Å². The van der Waals surface area contributed by atoms with Crippen LogP contribution in [0.25, 0.3) is 0 Å². The number of hydrogen-bond donors (Lipinski definition) is 1. The first-order valence-electron chi connectivity index (χ1n) is 11.2. The minimum atomic E-state index is -0.651. The average molecular weight is 512 g/mol. The number of aromatic hydroxyl groups is 1. The van der Waals surface area contributed by atoms with Gasteiger partial charge in [-0.25, -0.2) is 19.2 Å². The quantitative estimate of drug-likeness (QED) is 0.274. The first kappa shape index (κ1) is 25.6. The van der Waals surface area contributed by atoms with Crippen molar-refractivity contribution in [1.82, 2.24) is 0 Å². The number of carbonyl (C=O) groups is 4. The first-order chi connectivity index (χ1) is 18.3. The number of carbonyl (C=O) groups excluding carboxylic acids is 4. The molecule has 4 rings (SSSR count). The lowest BCUT2D eigenvalue weighted by molar-refractivity contribution is 0.0599. The normalized spacial score (nSPS) is 10.2. The fraction of sp³-hybridized carbons (Fsp3) is 0.0345. The summed E-state index contributed by atoms with van der Waals surface area (Å²) in [5, 5.41) is 9.31. The molecule has 0 unspecified atom stereocenters. The molecule has 190 valence electrons. The molecule has 9 nitrogen and oxygen atoms in total. The molecule has 0 bridgehead atoms. The van der Waals surface area contributed by atoms with Gasteiger partial charge < -0.3 is 24.1 Å². The number of esters is 4. The Morgan fingerprint density at radius 2 is 0.711 bits per heavy atom. The van der Waals surface area contributed by atoms with Gasteiger partial charge in [0.1, 0.15) is 23.0 Å². The Morgan fingerprint density at radius 1 is 0.447 bits per heavy atom. The number of rotatable bonds is 7. The Labute approximate surface area is 216 Å². The van der Waals surface area contributed by atoms with Crippen LogP contribution in [-0.4, -0.2) is 36.1 Å². The van der Waals surface area contributed by atoms with Crippen LogP contribution < -0.4 is 14.2 Å². The van der Waals surface area contributed by atoms with Crippen LogP contribution in [0.5, 0.6) is 23.0 Å². The second kappa shape index (κ2) is 11.5. The van der Waals surface area contributed by atoms with Crippen LogP contribution >= 0.6 is 0 Å². The lowest BCUT2D eigenvalue weighted by Crippen LogP contribution is -2.11. The summed E-state index contributed by atoms with van der Waals surface area (Å²) in [6, 6.07) is 23.1. The lowest BCUT2D eigenvalue weighted by Gasteiger charge is -2.08. The molecule has 0 saturated heterocycles. The van der Waals surface area contributed by atoms with Crippen LogP contribution in [0.1, 0.15) is 41.4 Å². The molecule has 0 fully saturated rings. The monoisotopic (exact) mass is 512 g/mol. The molecule has 0 aromatic heterocycles. The predicted octanol–water partition coefficient (Wildman–Crippen LogP) is 4.84. The van der Waals surface area contributed by atoms with Crippen molar-refractivity contribution in [2.24, 2.45) is 0 Å². The molecule has 0 amide bonds. The summed E-state index contributed by atoms with van der Waals surface area (Å²) in [7, 11) is 1.27. The van der Waals surface area contributed by atoms with Crippen LogP contribution in [0.4, 0.5) is 0 Å². The summed E-state index contributed by atoms with van der Waals surface area (Å²) < 4.78 is 20.5. The molecule has 1 N–H and O–H groups in total. The molecule has 4 aromatic rings. The van der Waals surface area contributed by atoms with Gasteiger partial charge in [0.2, 0.25) is 0 Å². The van der Waals surface area contributed by atoms with Gasteiger partial charge in [-0.15, -0.1) is 0 Å². The van der Waals surface area contributed by atoms with E-state index in [0.717, 1.165) is 0 Å². The van der Waals surface area contributed by atoms with Gasteiger partial charge in [0, 0.05) is 0 Å². The maximum Gasteiger partial charge on any atom is 0.343 e. The molecule has 0 spiro atoms. The summed E-state index contributed by atoms with van der Waals surface area (Å²) in [4.78, 5) is 48.5. The van der Waals surface area contributed by atoms with Gasteiger partial charge in [-0.2, -0.15) is 0 Å². The Bertz CT molecular complexity index is 1450. The topological polar surface area (TPSA) is 125 Å². The molecule has 0 aliphatic rings. The molecular weight excluding hydrogens is 492 g/mol. The van der Waals surface area contributed by atoms with E-state index in [2.05, 4.69) is 4.74 Å². The SMILES string of the molecule is COC(=O)c1ccc(OC(=O)c2ccc(OC(=O)c3ccc(OC(=O)c4ccc(O)cc4)cc3)cc2)cc1. The summed E-state index contributed by atoms with van der Waals surface area (Å²) in [5.41, 5.74) is 1.02. The molecule has 0 heterocycles. The van der Waals surface area contributed by atoms with Gasteiger partial charge in [-0.3, -0.25) is 0 Å². The predicted molar refractivity (Wildman–Crippen MR) is 134 cm³/mol. The van der Waals surface area contributed by atoms with E-state index in [9.17, 15) is 24.3 Å². The molecule has 0 aliphatic carbocycles. The van der Waals surface area contributed by atoms with Crippen LogP contribution in [0.2, 0.25) is 0 Å². The Hall–Kier alpha value is -5.44. The van der Waals surface area contributed by atoms with Crippen molar-refractivity contribution in [1.29, 1.82) is 0 Å². The zero-order valence-corrected chi connectivity index (χ0v) is 20.0. The van der Waals surface area contributed by atoms with E-state index in [0.29, 0.717) is 5.56 Å². The number of benzene rings is 4. The third-order valence-corrected chi connectivity index (χ3v) is 5.19. The summed E-state index contributed by atoms with van der Waals surface area (Å²) in [6.07, 6.45) is 0. The summed E-state index contributed by atoms with van der Waals surface area (Å²) in [6.45, 7) is 0. The minimum Gasteiger partial charge on any atom is -0.508 e. The van der Waals surface area contributed by atoms with Crippen molar-refractivity contribution < 1.29 is 43.2 Å². The molecule has 0 atom stereocenters. The highest BCUT2D eigenvalue weighted by Crippen LogP contribution is 2.20. The smallest absolute Gasteiger partial charge is 0.343 e. The summed E-state index contributed by atoms with van der Waals surface area (Å²) >= 11 is 0. The maximum absolute atomic E-state index is 12.5. The molecule has 0 radical (unpaired) electrons. The first-order valence-corrected chi connectivity index (χ1v) is 11.2. The van der Waals surface area contributed by atoms with E-state index in [-0.39, 0.29) is 39.7 Å². The van der Waals surface area contributed by atoms with Gasteiger partial charge in [0.25, 0.3) is 0 Å². The Kier molecular flexibility index (Phi) is 7.78. The fourth-order valence-electron chi connectivity index (χ4n) is 3.19. The van der Waals surface area contributed by atoms with Crippen LogP contribution in [0.3, 0.4) is 0 Å². The lowest BCUT2D eigenvalue weighted by atomic mass is 10.2. The second-order valence-electron chi connectivity index (χ2n) is 7.78. The van der Waals surface area contributed by atoms with Crippen LogP contribution in [0, 0.1) is 0 Å². The van der Waals surface area contributed by atoms with Gasteiger partial charge >= 0.3 is 23.9 Å². The maximum atomic E-state index is 12.5. The van der Waals surface area contributed by atoms with Gasteiger partial charge in [-0.1, -0.05) is 0 Å².